The summed E-state index contributed by atoms with van der Waals surface area (Å²) in [7, 11) is 4.47. The number of benzene rings is 2. The van der Waals surface area contributed by atoms with E-state index in [4.69, 9.17) is 18.9 Å². The first-order valence-electron chi connectivity index (χ1n) is 8.67. The number of ether oxygens (including phenoxy) is 4. The number of nitrogens with one attached hydrogen (secondary N) is 2. The van der Waals surface area contributed by atoms with Gasteiger partial charge in [0, 0.05) is 11.1 Å². The molecule has 0 heterocycles. The average Bonchev–Trinajstić information content (AvgIpc) is 2.74. The van der Waals surface area contributed by atoms with Crippen molar-refractivity contribution < 1.29 is 28.5 Å². The van der Waals surface area contributed by atoms with Crippen LogP contribution in [0.2, 0.25) is 0 Å². The Kier molecular flexibility index (Phi) is 7.50. The van der Waals surface area contributed by atoms with Gasteiger partial charge in [0.05, 0.1) is 27.9 Å². The minimum absolute atomic E-state index is 0.304. The highest BCUT2D eigenvalue weighted by Gasteiger charge is 2.14. The summed E-state index contributed by atoms with van der Waals surface area (Å²) in [6, 6.07) is 9.47. The second-order valence-electron chi connectivity index (χ2n) is 5.69. The molecule has 0 bridgehead atoms. The van der Waals surface area contributed by atoms with Crippen LogP contribution in [0.5, 0.6) is 23.0 Å². The Morgan fingerprint density at radius 1 is 0.750 bits per heavy atom. The van der Waals surface area contributed by atoms with Gasteiger partial charge in [-0.25, -0.2) is 0 Å². The lowest BCUT2D eigenvalue weighted by atomic mass is 10.2. The van der Waals surface area contributed by atoms with Crippen LogP contribution in [-0.2, 0) is 0 Å². The topological polar surface area (TPSA) is 95.1 Å². The van der Waals surface area contributed by atoms with Crippen molar-refractivity contribution in [3.05, 3.63) is 47.5 Å². The van der Waals surface area contributed by atoms with Crippen LogP contribution in [0.1, 0.15) is 34.1 Å². The Balaban J connectivity index is 2.04. The Hall–Kier alpha value is -3.42. The predicted octanol–water partition coefficient (Wildman–Crippen LogP) is 2.58. The van der Waals surface area contributed by atoms with E-state index in [1.165, 1.54) is 27.4 Å². The van der Waals surface area contributed by atoms with Crippen molar-refractivity contribution in [2.24, 2.45) is 0 Å². The van der Waals surface area contributed by atoms with Crippen LogP contribution >= 0.6 is 0 Å². The summed E-state index contributed by atoms with van der Waals surface area (Å²) in [5.41, 5.74) is 5.35. The summed E-state index contributed by atoms with van der Waals surface area (Å²) in [5.74, 6) is 0.912. The molecule has 0 aliphatic rings. The van der Waals surface area contributed by atoms with Crippen LogP contribution < -0.4 is 29.8 Å². The van der Waals surface area contributed by atoms with Crippen molar-refractivity contribution in [2.45, 2.75) is 13.3 Å². The molecule has 28 heavy (non-hydrogen) atoms. The Morgan fingerprint density at radius 2 is 1.21 bits per heavy atom. The quantitative estimate of drug-likeness (QED) is 0.675. The molecule has 0 saturated carbocycles. The summed E-state index contributed by atoms with van der Waals surface area (Å²) in [5, 5.41) is 0. The fourth-order valence-electron chi connectivity index (χ4n) is 2.38. The summed E-state index contributed by atoms with van der Waals surface area (Å²) < 4.78 is 21.1. The molecule has 0 radical (unpaired) electrons. The van der Waals surface area contributed by atoms with E-state index in [9.17, 15) is 9.59 Å². The summed E-state index contributed by atoms with van der Waals surface area (Å²) in [6.45, 7) is 2.54. The number of hydrazine groups is 1. The molecule has 8 nitrogen and oxygen atoms in total. The van der Waals surface area contributed by atoms with Gasteiger partial charge in [0.25, 0.3) is 11.8 Å². The number of carbonyl (C=O) groups is 2. The lowest BCUT2D eigenvalue weighted by Gasteiger charge is -2.13. The van der Waals surface area contributed by atoms with Crippen molar-refractivity contribution >= 4 is 11.8 Å². The SMILES string of the molecule is CCCOc1ccc(C(=O)NNC(=O)c2ccc(OC)c(OC)c2)cc1OC. The smallest absolute Gasteiger partial charge is 0.269 e. The number of rotatable bonds is 8. The molecule has 8 heteroatoms. The molecule has 0 saturated heterocycles. The van der Waals surface area contributed by atoms with Crippen molar-refractivity contribution in [2.75, 3.05) is 27.9 Å². The zero-order valence-corrected chi connectivity index (χ0v) is 16.3. The molecular weight excluding hydrogens is 364 g/mol. The molecule has 2 N–H and O–H groups in total. The van der Waals surface area contributed by atoms with Gasteiger partial charge in [-0.2, -0.15) is 0 Å². The van der Waals surface area contributed by atoms with Gasteiger partial charge in [0.2, 0.25) is 0 Å². The van der Waals surface area contributed by atoms with Gasteiger partial charge in [0.1, 0.15) is 0 Å². The number of amides is 2. The number of methoxy groups -OCH3 is 3. The molecule has 0 aliphatic carbocycles. The Labute approximate surface area is 163 Å². The minimum Gasteiger partial charge on any atom is -0.493 e. The van der Waals surface area contributed by atoms with E-state index in [2.05, 4.69) is 10.9 Å². The maximum Gasteiger partial charge on any atom is 0.269 e. The van der Waals surface area contributed by atoms with Gasteiger partial charge >= 0.3 is 0 Å². The zero-order valence-electron chi connectivity index (χ0n) is 16.3. The van der Waals surface area contributed by atoms with Gasteiger partial charge in [-0.05, 0) is 42.8 Å². The lowest BCUT2D eigenvalue weighted by molar-refractivity contribution is 0.0846. The molecule has 0 atom stereocenters. The predicted molar refractivity (Wildman–Crippen MR) is 103 cm³/mol. The third-order valence-corrected chi connectivity index (χ3v) is 3.82. The molecule has 2 aromatic rings. The van der Waals surface area contributed by atoms with Crippen LogP contribution in [-0.4, -0.2) is 39.8 Å². The van der Waals surface area contributed by atoms with E-state index in [-0.39, 0.29) is 0 Å². The lowest BCUT2D eigenvalue weighted by Crippen LogP contribution is -2.41. The van der Waals surface area contributed by atoms with Crippen LogP contribution in [0, 0.1) is 0 Å². The molecule has 0 fully saturated rings. The molecule has 0 aliphatic heterocycles. The average molecular weight is 388 g/mol. The normalized spacial score (nSPS) is 10.0. The second kappa shape index (κ2) is 10.1. The molecule has 2 amide bonds. The Bertz CT molecular complexity index is 837. The molecular formula is C20H24N2O6. The largest absolute Gasteiger partial charge is 0.493 e. The highest BCUT2D eigenvalue weighted by molar-refractivity contribution is 5.99. The first kappa shape index (κ1) is 20.9. The monoisotopic (exact) mass is 388 g/mol. The van der Waals surface area contributed by atoms with E-state index in [0.717, 1.165) is 6.42 Å². The van der Waals surface area contributed by atoms with Crippen LogP contribution in [0.15, 0.2) is 36.4 Å². The van der Waals surface area contributed by atoms with Gasteiger partial charge < -0.3 is 18.9 Å². The summed E-state index contributed by atoms with van der Waals surface area (Å²) in [6.07, 6.45) is 0.855. The standard InChI is InChI=1S/C20H24N2O6/c1-5-10-28-16-9-7-14(12-18(16)27-4)20(24)22-21-19(23)13-6-8-15(25-2)17(11-13)26-3/h6-9,11-12H,5,10H2,1-4H3,(H,21,23)(H,22,24). The fraction of sp³-hybridized carbons (Fsp3) is 0.300. The first-order valence-corrected chi connectivity index (χ1v) is 8.67. The van der Waals surface area contributed by atoms with Crippen LogP contribution in [0.3, 0.4) is 0 Å². The van der Waals surface area contributed by atoms with E-state index in [0.29, 0.717) is 40.7 Å². The second-order valence-corrected chi connectivity index (χ2v) is 5.69. The third kappa shape index (κ3) is 5.06. The molecule has 0 unspecified atom stereocenters. The highest BCUT2D eigenvalue weighted by Crippen LogP contribution is 2.28. The van der Waals surface area contributed by atoms with Crippen molar-refractivity contribution in [1.29, 1.82) is 0 Å². The fourth-order valence-corrected chi connectivity index (χ4v) is 2.38. The molecule has 0 aromatic heterocycles. The van der Waals surface area contributed by atoms with Crippen molar-refractivity contribution in [3.8, 4) is 23.0 Å². The van der Waals surface area contributed by atoms with Crippen molar-refractivity contribution in [1.82, 2.24) is 10.9 Å². The van der Waals surface area contributed by atoms with Crippen LogP contribution in [0.4, 0.5) is 0 Å². The molecule has 2 rings (SSSR count). The minimum atomic E-state index is -0.496. The van der Waals surface area contributed by atoms with Gasteiger partial charge in [-0.15, -0.1) is 0 Å². The number of hydrogen-bond donors (Lipinski definition) is 2. The zero-order chi connectivity index (χ0) is 20.5. The summed E-state index contributed by atoms with van der Waals surface area (Å²) in [4.78, 5) is 24.6. The molecule has 2 aromatic carbocycles. The highest BCUT2D eigenvalue weighted by atomic mass is 16.5. The molecule has 0 spiro atoms. The van der Waals surface area contributed by atoms with Crippen LogP contribution in [0.25, 0.3) is 0 Å². The maximum absolute atomic E-state index is 12.3. The van der Waals surface area contributed by atoms with Gasteiger partial charge in [-0.3, -0.25) is 20.4 Å². The summed E-state index contributed by atoms with van der Waals surface area (Å²) >= 11 is 0. The van der Waals surface area contributed by atoms with E-state index in [1.807, 2.05) is 6.92 Å². The maximum atomic E-state index is 12.3. The van der Waals surface area contributed by atoms with Crippen molar-refractivity contribution in [3.63, 3.8) is 0 Å². The van der Waals surface area contributed by atoms with E-state index < -0.39 is 11.8 Å². The first-order chi connectivity index (χ1) is 13.5. The Morgan fingerprint density at radius 3 is 1.68 bits per heavy atom. The van der Waals surface area contributed by atoms with Gasteiger partial charge in [-0.1, -0.05) is 6.92 Å². The third-order valence-electron chi connectivity index (χ3n) is 3.82. The molecule has 150 valence electrons. The van der Waals surface area contributed by atoms with E-state index >= 15 is 0 Å². The van der Waals surface area contributed by atoms with E-state index in [1.54, 1.807) is 30.3 Å². The number of hydrogen-bond acceptors (Lipinski definition) is 6. The number of carbonyl (C=O) groups excluding carboxylic acids is 2. The van der Waals surface area contributed by atoms with Gasteiger partial charge in [0.15, 0.2) is 23.0 Å².